The Hall–Kier alpha value is -1.24. The molecule has 0 bridgehead atoms. The van der Waals surface area contributed by atoms with Gasteiger partial charge in [-0.3, -0.25) is 0 Å². The molecule has 3 heterocycles. The Balaban J connectivity index is 1.62. The molecule has 1 fully saturated rings. The number of fused-ring (bicyclic) bond motifs is 1. The summed E-state index contributed by atoms with van der Waals surface area (Å²) in [5.74, 6) is 1.07. The minimum Gasteiger partial charge on any atom is -0.378 e. The largest absolute Gasteiger partial charge is 0.378 e. The van der Waals surface area contributed by atoms with E-state index < -0.39 is 0 Å². The van der Waals surface area contributed by atoms with E-state index in [0.29, 0.717) is 12.6 Å². The van der Waals surface area contributed by atoms with Crippen LogP contribution in [0.3, 0.4) is 0 Å². The van der Waals surface area contributed by atoms with E-state index in [2.05, 4.69) is 20.2 Å². The molecule has 1 aliphatic heterocycles. The first-order valence-corrected chi connectivity index (χ1v) is 8.01. The number of ether oxygens (including phenoxy) is 1. The van der Waals surface area contributed by atoms with E-state index in [1.807, 2.05) is 6.07 Å². The first kappa shape index (κ1) is 13.7. The first-order valence-electron chi connectivity index (χ1n) is 7.13. The first-order chi connectivity index (χ1) is 9.88. The van der Waals surface area contributed by atoms with Gasteiger partial charge in [0.05, 0.1) is 16.3 Å². The second-order valence-electron chi connectivity index (χ2n) is 5.03. The normalized spacial score (nSPS) is 16.9. The Labute approximate surface area is 122 Å². The second kappa shape index (κ2) is 6.47. The summed E-state index contributed by atoms with van der Waals surface area (Å²) in [6.45, 7) is 3.48. The van der Waals surface area contributed by atoms with Crippen molar-refractivity contribution in [2.24, 2.45) is 5.73 Å². The maximum atomic E-state index is 5.84. The van der Waals surface area contributed by atoms with Crippen LogP contribution in [0.25, 0.3) is 10.2 Å². The second-order valence-corrected chi connectivity index (χ2v) is 5.95. The fourth-order valence-electron chi connectivity index (χ4n) is 2.57. The zero-order valence-corrected chi connectivity index (χ0v) is 12.3. The van der Waals surface area contributed by atoms with Gasteiger partial charge in [-0.1, -0.05) is 0 Å². The molecule has 5 nitrogen and oxygen atoms in total. The summed E-state index contributed by atoms with van der Waals surface area (Å²) in [5.41, 5.74) is 6.53. The van der Waals surface area contributed by atoms with Crippen LogP contribution < -0.4 is 10.6 Å². The van der Waals surface area contributed by atoms with E-state index in [4.69, 9.17) is 10.5 Å². The van der Waals surface area contributed by atoms with Gasteiger partial charge in [0.25, 0.3) is 0 Å². The van der Waals surface area contributed by atoms with Crippen molar-refractivity contribution in [2.75, 3.05) is 31.1 Å². The molecule has 2 aromatic rings. The molecule has 20 heavy (non-hydrogen) atoms. The zero-order valence-electron chi connectivity index (χ0n) is 11.5. The van der Waals surface area contributed by atoms with Crippen LogP contribution in [0.15, 0.2) is 17.8 Å². The van der Waals surface area contributed by atoms with Gasteiger partial charge in [0.1, 0.15) is 12.1 Å². The molecule has 6 heteroatoms. The van der Waals surface area contributed by atoms with Crippen LogP contribution in [-0.2, 0) is 4.74 Å². The molecular formula is C14H20N4OS. The smallest absolute Gasteiger partial charge is 0.150 e. The Morgan fingerprint density at radius 1 is 1.35 bits per heavy atom. The van der Waals surface area contributed by atoms with Crippen molar-refractivity contribution in [2.45, 2.75) is 25.4 Å². The van der Waals surface area contributed by atoms with Gasteiger partial charge in [-0.15, -0.1) is 11.3 Å². The van der Waals surface area contributed by atoms with E-state index in [0.717, 1.165) is 50.3 Å². The third-order valence-electron chi connectivity index (χ3n) is 3.67. The maximum absolute atomic E-state index is 5.84. The molecule has 0 amide bonds. The van der Waals surface area contributed by atoms with Gasteiger partial charge in [-0.25, -0.2) is 9.97 Å². The SMILES string of the molecule is NCCCOC1CCN(c2ncnc3ccsc23)CC1. The summed E-state index contributed by atoms with van der Waals surface area (Å²) in [5, 5.41) is 2.07. The number of thiophene rings is 1. The summed E-state index contributed by atoms with van der Waals surface area (Å²) in [7, 11) is 0. The van der Waals surface area contributed by atoms with Gasteiger partial charge < -0.3 is 15.4 Å². The Morgan fingerprint density at radius 3 is 3.00 bits per heavy atom. The highest BCUT2D eigenvalue weighted by atomic mass is 32.1. The fraction of sp³-hybridized carbons (Fsp3) is 0.571. The lowest BCUT2D eigenvalue weighted by Gasteiger charge is -2.32. The van der Waals surface area contributed by atoms with Crippen molar-refractivity contribution < 1.29 is 4.74 Å². The predicted molar refractivity (Wildman–Crippen MR) is 82.3 cm³/mol. The highest BCUT2D eigenvalue weighted by Gasteiger charge is 2.22. The van der Waals surface area contributed by atoms with E-state index in [1.165, 1.54) is 4.70 Å². The molecule has 0 aromatic carbocycles. The van der Waals surface area contributed by atoms with E-state index in [-0.39, 0.29) is 0 Å². The van der Waals surface area contributed by atoms with Crippen LogP contribution >= 0.6 is 11.3 Å². The molecule has 1 saturated heterocycles. The van der Waals surface area contributed by atoms with Gasteiger partial charge in [0.2, 0.25) is 0 Å². The lowest BCUT2D eigenvalue weighted by atomic mass is 10.1. The molecule has 1 aliphatic rings. The van der Waals surface area contributed by atoms with E-state index >= 15 is 0 Å². The molecule has 2 N–H and O–H groups in total. The number of anilines is 1. The van der Waals surface area contributed by atoms with E-state index in [9.17, 15) is 0 Å². The topological polar surface area (TPSA) is 64.3 Å². The van der Waals surface area contributed by atoms with Crippen molar-refractivity contribution in [3.63, 3.8) is 0 Å². The number of aromatic nitrogens is 2. The maximum Gasteiger partial charge on any atom is 0.150 e. The van der Waals surface area contributed by atoms with Crippen LogP contribution in [-0.4, -0.2) is 42.3 Å². The minimum atomic E-state index is 0.374. The molecule has 3 rings (SSSR count). The minimum absolute atomic E-state index is 0.374. The summed E-state index contributed by atoms with van der Waals surface area (Å²) < 4.78 is 7.03. The Kier molecular flexibility index (Phi) is 4.44. The van der Waals surface area contributed by atoms with Gasteiger partial charge in [-0.2, -0.15) is 0 Å². The summed E-state index contributed by atoms with van der Waals surface area (Å²) >= 11 is 1.71. The van der Waals surface area contributed by atoms with Crippen molar-refractivity contribution in [1.82, 2.24) is 9.97 Å². The molecular weight excluding hydrogens is 272 g/mol. The number of nitrogens with zero attached hydrogens (tertiary/aromatic N) is 3. The zero-order chi connectivity index (χ0) is 13.8. The van der Waals surface area contributed by atoms with Crippen LogP contribution in [0.1, 0.15) is 19.3 Å². The van der Waals surface area contributed by atoms with Crippen LogP contribution in [0.4, 0.5) is 5.82 Å². The molecule has 2 aromatic heterocycles. The van der Waals surface area contributed by atoms with Crippen molar-refractivity contribution in [3.05, 3.63) is 17.8 Å². The Morgan fingerprint density at radius 2 is 2.20 bits per heavy atom. The molecule has 0 unspecified atom stereocenters. The number of nitrogens with two attached hydrogens (primary N) is 1. The van der Waals surface area contributed by atoms with Gasteiger partial charge in [-0.05, 0) is 37.3 Å². The molecule has 0 atom stereocenters. The van der Waals surface area contributed by atoms with Gasteiger partial charge in [0.15, 0.2) is 0 Å². The van der Waals surface area contributed by atoms with E-state index in [1.54, 1.807) is 17.7 Å². The van der Waals surface area contributed by atoms with Crippen LogP contribution in [0.2, 0.25) is 0 Å². The fourth-order valence-corrected chi connectivity index (χ4v) is 3.43. The number of hydrogen-bond acceptors (Lipinski definition) is 6. The monoisotopic (exact) mass is 292 g/mol. The average molecular weight is 292 g/mol. The number of rotatable bonds is 5. The predicted octanol–water partition coefficient (Wildman–Crippen LogP) is 2.03. The summed E-state index contributed by atoms with van der Waals surface area (Å²) in [6, 6.07) is 2.05. The van der Waals surface area contributed by atoms with Crippen molar-refractivity contribution in [1.29, 1.82) is 0 Å². The lowest BCUT2D eigenvalue weighted by molar-refractivity contribution is 0.0366. The molecule has 108 valence electrons. The van der Waals surface area contributed by atoms with Gasteiger partial charge in [0, 0.05) is 19.7 Å². The quantitative estimate of drug-likeness (QED) is 0.854. The van der Waals surface area contributed by atoms with Crippen molar-refractivity contribution >= 4 is 27.4 Å². The van der Waals surface area contributed by atoms with Crippen LogP contribution in [0, 0.1) is 0 Å². The Bertz CT molecular complexity index is 551. The third-order valence-corrected chi connectivity index (χ3v) is 4.57. The molecule has 0 radical (unpaired) electrons. The lowest BCUT2D eigenvalue weighted by Crippen LogP contribution is -2.37. The number of hydrogen-bond donors (Lipinski definition) is 1. The molecule has 0 spiro atoms. The summed E-state index contributed by atoms with van der Waals surface area (Å²) in [6.07, 6.45) is 5.09. The highest BCUT2D eigenvalue weighted by molar-refractivity contribution is 7.17. The summed E-state index contributed by atoms with van der Waals surface area (Å²) in [4.78, 5) is 11.1. The highest BCUT2D eigenvalue weighted by Crippen LogP contribution is 2.29. The molecule has 0 saturated carbocycles. The average Bonchev–Trinajstić information content (AvgIpc) is 2.97. The standard InChI is InChI=1S/C14H20N4OS/c15-5-1-8-19-11-2-6-18(7-3-11)14-13-12(4-9-20-13)16-10-17-14/h4,9-11H,1-3,5-8,15H2. The molecule has 0 aliphatic carbocycles. The van der Waals surface area contributed by atoms with Crippen LogP contribution in [0.5, 0.6) is 0 Å². The third kappa shape index (κ3) is 2.92. The van der Waals surface area contributed by atoms with Crippen molar-refractivity contribution in [3.8, 4) is 0 Å². The van der Waals surface area contributed by atoms with Gasteiger partial charge >= 0.3 is 0 Å². The number of piperidine rings is 1.